The van der Waals surface area contributed by atoms with Crippen LogP contribution in [0.2, 0.25) is 0 Å². The Morgan fingerprint density at radius 2 is 2.07 bits per heavy atom. The summed E-state index contributed by atoms with van der Waals surface area (Å²) in [6.45, 7) is 6.24. The van der Waals surface area contributed by atoms with Crippen molar-refractivity contribution in [1.82, 2.24) is 14.9 Å². The lowest BCUT2D eigenvalue weighted by Crippen LogP contribution is -2.33. The molecule has 0 aromatic carbocycles. The van der Waals surface area contributed by atoms with Crippen molar-refractivity contribution in [1.29, 1.82) is 0 Å². The van der Waals surface area contributed by atoms with Gasteiger partial charge in [-0.05, 0) is 50.0 Å². The number of thiophene rings is 1. The highest BCUT2D eigenvalue weighted by atomic mass is 32.2. The molecular weight excluding hydrogens is 408 g/mol. The van der Waals surface area contributed by atoms with E-state index < -0.39 is 9.84 Å². The number of hydrogen-bond donors (Lipinski definition) is 1. The zero-order valence-electron chi connectivity index (χ0n) is 17.0. The summed E-state index contributed by atoms with van der Waals surface area (Å²) in [5, 5.41) is 4.20. The lowest BCUT2D eigenvalue weighted by atomic mass is 10.1. The summed E-state index contributed by atoms with van der Waals surface area (Å²) in [4.78, 5) is 25.5. The number of carbonyl (C=O) groups excluding carboxylic acids is 1. The molecule has 1 saturated heterocycles. The van der Waals surface area contributed by atoms with Crippen molar-refractivity contribution in [3.63, 3.8) is 0 Å². The molecule has 7 nitrogen and oxygen atoms in total. The minimum atomic E-state index is -2.90. The Morgan fingerprint density at radius 3 is 2.72 bits per heavy atom. The number of hydrogen-bond acceptors (Lipinski definition) is 7. The fourth-order valence-corrected chi connectivity index (χ4v) is 6.96. The molecule has 1 unspecified atom stereocenters. The Balaban J connectivity index is 1.56. The van der Waals surface area contributed by atoms with Crippen molar-refractivity contribution >= 4 is 43.1 Å². The minimum Gasteiger partial charge on any atom is -0.369 e. The molecular formula is C20H28N4O3S2. The normalized spacial score (nSPS) is 20.8. The van der Waals surface area contributed by atoms with E-state index in [1.54, 1.807) is 0 Å². The largest absolute Gasteiger partial charge is 0.369 e. The van der Waals surface area contributed by atoms with Gasteiger partial charge in [0.1, 0.15) is 17.0 Å². The summed E-state index contributed by atoms with van der Waals surface area (Å²) in [5.41, 5.74) is 0.911. The maximum absolute atomic E-state index is 13.2. The fourth-order valence-electron chi connectivity index (χ4n) is 3.99. The fraction of sp³-hybridized carbons (Fsp3) is 0.650. The number of carbonyl (C=O) groups is 1. The number of amides is 1. The van der Waals surface area contributed by atoms with Crippen LogP contribution >= 0.6 is 11.3 Å². The molecule has 1 saturated carbocycles. The standard InChI is InChI=1S/C20H28N4O3S2/c1-3-7-24(10-14-4-5-14)20(25)17-13(2)16-18(22-12-23-19(16)28-17)21-9-15-6-8-29(26,27)11-15/h12,14-15H,3-11H2,1-2H3,(H,21,22,23). The van der Waals surface area contributed by atoms with Crippen molar-refractivity contribution in [3.05, 3.63) is 16.8 Å². The molecule has 2 aliphatic rings. The monoisotopic (exact) mass is 436 g/mol. The number of aryl methyl sites for hydroxylation is 1. The molecule has 1 atom stereocenters. The second-order valence-electron chi connectivity index (χ2n) is 8.30. The van der Waals surface area contributed by atoms with Crippen LogP contribution < -0.4 is 5.32 Å². The van der Waals surface area contributed by atoms with E-state index in [-0.39, 0.29) is 23.3 Å². The average molecular weight is 437 g/mol. The first-order valence-corrected chi connectivity index (χ1v) is 13.0. The van der Waals surface area contributed by atoms with Gasteiger partial charge in [0.05, 0.1) is 21.8 Å². The highest BCUT2D eigenvalue weighted by Gasteiger charge is 2.30. The predicted octanol–water partition coefficient (Wildman–Crippen LogP) is 3.11. The van der Waals surface area contributed by atoms with Crippen LogP contribution in [-0.4, -0.2) is 60.3 Å². The number of anilines is 1. The lowest BCUT2D eigenvalue weighted by molar-refractivity contribution is 0.0752. The third-order valence-corrected chi connectivity index (χ3v) is 8.79. The third-order valence-electron chi connectivity index (χ3n) is 5.76. The quantitative estimate of drug-likeness (QED) is 0.684. The van der Waals surface area contributed by atoms with Crippen LogP contribution in [0.4, 0.5) is 5.82 Å². The van der Waals surface area contributed by atoms with E-state index in [0.29, 0.717) is 24.7 Å². The van der Waals surface area contributed by atoms with Crippen molar-refractivity contribution in [2.75, 3.05) is 36.5 Å². The van der Waals surface area contributed by atoms with E-state index in [0.717, 1.165) is 40.2 Å². The number of aromatic nitrogens is 2. The van der Waals surface area contributed by atoms with Gasteiger partial charge >= 0.3 is 0 Å². The Hall–Kier alpha value is -1.74. The van der Waals surface area contributed by atoms with Crippen molar-refractivity contribution in [2.45, 2.75) is 39.5 Å². The Bertz CT molecular complexity index is 1010. The van der Waals surface area contributed by atoms with Gasteiger partial charge in [0.25, 0.3) is 5.91 Å². The van der Waals surface area contributed by atoms with Crippen LogP contribution in [0.3, 0.4) is 0 Å². The van der Waals surface area contributed by atoms with Crippen LogP contribution in [-0.2, 0) is 9.84 Å². The Labute approximate surface area is 175 Å². The SMILES string of the molecule is CCCN(CC1CC1)C(=O)c1sc2ncnc(NCC3CCS(=O)(=O)C3)c2c1C. The molecule has 2 aromatic heterocycles. The Kier molecular flexibility index (Phi) is 5.79. The average Bonchev–Trinajstić information content (AvgIpc) is 3.35. The predicted molar refractivity (Wildman–Crippen MR) is 116 cm³/mol. The molecule has 0 spiro atoms. The van der Waals surface area contributed by atoms with Gasteiger partial charge in [-0.3, -0.25) is 4.79 Å². The van der Waals surface area contributed by atoms with Gasteiger partial charge < -0.3 is 10.2 Å². The molecule has 1 amide bonds. The molecule has 0 radical (unpaired) electrons. The summed E-state index contributed by atoms with van der Waals surface area (Å²) >= 11 is 1.43. The van der Waals surface area contributed by atoms with Gasteiger partial charge in [-0.25, -0.2) is 18.4 Å². The third kappa shape index (κ3) is 4.55. The number of sulfone groups is 1. The highest BCUT2D eigenvalue weighted by Crippen LogP contribution is 2.36. The molecule has 1 N–H and O–H groups in total. The lowest BCUT2D eigenvalue weighted by Gasteiger charge is -2.21. The van der Waals surface area contributed by atoms with Crippen LogP contribution in [0.5, 0.6) is 0 Å². The molecule has 29 heavy (non-hydrogen) atoms. The summed E-state index contributed by atoms with van der Waals surface area (Å²) in [7, 11) is -2.90. The van der Waals surface area contributed by atoms with Crippen LogP contribution in [0, 0.1) is 18.8 Å². The van der Waals surface area contributed by atoms with E-state index in [4.69, 9.17) is 0 Å². The van der Waals surface area contributed by atoms with E-state index in [1.807, 2.05) is 11.8 Å². The van der Waals surface area contributed by atoms with Crippen molar-refractivity contribution in [3.8, 4) is 0 Å². The van der Waals surface area contributed by atoms with Crippen LogP contribution in [0.1, 0.15) is 47.8 Å². The summed E-state index contributed by atoms with van der Waals surface area (Å²) < 4.78 is 23.4. The zero-order valence-corrected chi connectivity index (χ0v) is 18.6. The van der Waals surface area contributed by atoms with Gasteiger partial charge in [-0.15, -0.1) is 11.3 Å². The first-order chi connectivity index (χ1) is 13.9. The van der Waals surface area contributed by atoms with Gasteiger partial charge in [0.2, 0.25) is 0 Å². The van der Waals surface area contributed by atoms with Crippen molar-refractivity contribution < 1.29 is 13.2 Å². The molecule has 1 aliphatic heterocycles. The van der Waals surface area contributed by atoms with Crippen LogP contribution in [0.25, 0.3) is 10.2 Å². The maximum atomic E-state index is 13.2. The van der Waals surface area contributed by atoms with E-state index in [2.05, 4.69) is 22.2 Å². The number of nitrogens with zero attached hydrogens (tertiary/aromatic N) is 3. The van der Waals surface area contributed by atoms with Gasteiger partial charge in [0.15, 0.2) is 9.84 Å². The smallest absolute Gasteiger partial charge is 0.264 e. The molecule has 1 aliphatic carbocycles. The first-order valence-electron chi connectivity index (χ1n) is 10.4. The zero-order chi connectivity index (χ0) is 20.6. The molecule has 3 heterocycles. The molecule has 0 bridgehead atoms. The molecule has 2 aromatic rings. The van der Waals surface area contributed by atoms with Gasteiger partial charge in [-0.1, -0.05) is 6.92 Å². The minimum absolute atomic E-state index is 0.0899. The van der Waals surface area contributed by atoms with E-state index in [1.165, 1.54) is 30.5 Å². The van der Waals surface area contributed by atoms with Gasteiger partial charge in [-0.2, -0.15) is 0 Å². The van der Waals surface area contributed by atoms with Crippen molar-refractivity contribution in [2.24, 2.45) is 11.8 Å². The van der Waals surface area contributed by atoms with Gasteiger partial charge in [0, 0.05) is 19.6 Å². The summed E-state index contributed by atoms with van der Waals surface area (Å²) in [5.74, 6) is 2.03. The molecule has 9 heteroatoms. The summed E-state index contributed by atoms with van der Waals surface area (Å²) in [6, 6.07) is 0. The molecule has 4 rings (SSSR count). The number of fused-ring (bicyclic) bond motifs is 1. The number of nitrogens with one attached hydrogen (secondary N) is 1. The molecule has 158 valence electrons. The topological polar surface area (TPSA) is 92.3 Å². The number of rotatable bonds is 8. The maximum Gasteiger partial charge on any atom is 0.264 e. The van der Waals surface area contributed by atoms with E-state index >= 15 is 0 Å². The second kappa shape index (κ2) is 8.18. The van der Waals surface area contributed by atoms with E-state index in [9.17, 15) is 13.2 Å². The summed E-state index contributed by atoms with van der Waals surface area (Å²) in [6.07, 6.45) is 5.57. The van der Waals surface area contributed by atoms with Crippen LogP contribution in [0.15, 0.2) is 6.33 Å². The Morgan fingerprint density at radius 1 is 1.28 bits per heavy atom. The second-order valence-corrected chi connectivity index (χ2v) is 11.5. The highest BCUT2D eigenvalue weighted by molar-refractivity contribution is 7.91. The first kappa shape index (κ1) is 20.5. The molecule has 2 fully saturated rings.